The number of carbonyl (C=O) groups is 1. The first-order valence-electron chi connectivity index (χ1n) is 9.06. The van der Waals surface area contributed by atoms with Crippen molar-refractivity contribution in [1.29, 1.82) is 0 Å². The van der Waals surface area contributed by atoms with Crippen molar-refractivity contribution in [3.05, 3.63) is 54.1 Å². The van der Waals surface area contributed by atoms with E-state index in [-0.39, 0.29) is 17.4 Å². The molecule has 1 amide bonds. The van der Waals surface area contributed by atoms with Crippen LogP contribution in [0.15, 0.2) is 53.4 Å². The summed E-state index contributed by atoms with van der Waals surface area (Å²) in [6, 6.07) is 13.6. The lowest BCUT2D eigenvalue weighted by Crippen LogP contribution is -2.30. The van der Waals surface area contributed by atoms with Gasteiger partial charge in [0.2, 0.25) is 10.0 Å². The molecule has 0 aliphatic heterocycles. The quantitative estimate of drug-likeness (QED) is 0.596. The van der Waals surface area contributed by atoms with E-state index in [0.717, 1.165) is 11.3 Å². The molecule has 0 saturated heterocycles. The largest absolute Gasteiger partial charge is 0.497 e. The molecule has 8 heteroatoms. The monoisotopic (exact) mass is 406 g/mol. The maximum Gasteiger partial charge on any atom is 0.257 e. The highest BCUT2D eigenvalue weighted by atomic mass is 32.2. The molecule has 0 bridgehead atoms. The van der Waals surface area contributed by atoms with Gasteiger partial charge in [-0.05, 0) is 54.8 Å². The van der Waals surface area contributed by atoms with Crippen molar-refractivity contribution < 1.29 is 22.7 Å². The third-order valence-corrected chi connectivity index (χ3v) is 5.42. The van der Waals surface area contributed by atoms with E-state index in [1.165, 1.54) is 24.3 Å². The summed E-state index contributed by atoms with van der Waals surface area (Å²) in [5.41, 5.74) is 1.09. The highest BCUT2D eigenvalue weighted by molar-refractivity contribution is 7.89. The lowest BCUT2D eigenvalue weighted by molar-refractivity contribution is -0.123. The van der Waals surface area contributed by atoms with Gasteiger partial charge in [-0.1, -0.05) is 19.1 Å². The number of ether oxygens (including phenoxy) is 2. The Balaban J connectivity index is 1.74. The molecule has 0 radical (unpaired) electrons. The minimum absolute atomic E-state index is 0.136. The average Bonchev–Trinajstić information content (AvgIpc) is 2.71. The van der Waals surface area contributed by atoms with Gasteiger partial charge in [-0.2, -0.15) is 0 Å². The van der Waals surface area contributed by atoms with Gasteiger partial charge in [0.15, 0.2) is 6.61 Å². The number of nitrogens with one attached hydrogen (secondary N) is 2. The van der Waals surface area contributed by atoms with E-state index >= 15 is 0 Å². The van der Waals surface area contributed by atoms with Crippen LogP contribution in [0.3, 0.4) is 0 Å². The van der Waals surface area contributed by atoms with Crippen LogP contribution < -0.4 is 19.5 Å². The molecule has 0 unspecified atom stereocenters. The van der Waals surface area contributed by atoms with Crippen LogP contribution in [0.5, 0.6) is 11.5 Å². The topological polar surface area (TPSA) is 93.7 Å². The molecule has 2 N–H and O–H groups in total. The van der Waals surface area contributed by atoms with Gasteiger partial charge in [-0.15, -0.1) is 0 Å². The smallest absolute Gasteiger partial charge is 0.257 e. The van der Waals surface area contributed by atoms with E-state index in [0.29, 0.717) is 31.7 Å². The Labute approximate surface area is 166 Å². The van der Waals surface area contributed by atoms with E-state index in [1.807, 2.05) is 31.2 Å². The van der Waals surface area contributed by atoms with Crippen molar-refractivity contribution in [2.24, 2.45) is 0 Å². The van der Waals surface area contributed by atoms with E-state index in [1.54, 1.807) is 7.11 Å². The molecule has 0 spiro atoms. The van der Waals surface area contributed by atoms with Crippen molar-refractivity contribution >= 4 is 15.9 Å². The lowest BCUT2D eigenvalue weighted by Gasteiger charge is -2.09. The van der Waals surface area contributed by atoms with Gasteiger partial charge in [-0.25, -0.2) is 13.1 Å². The van der Waals surface area contributed by atoms with Gasteiger partial charge in [-0.3, -0.25) is 4.79 Å². The van der Waals surface area contributed by atoms with Gasteiger partial charge in [0.25, 0.3) is 5.91 Å². The first-order valence-corrected chi connectivity index (χ1v) is 10.5. The summed E-state index contributed by atoms with van der Waals surface area (Å²) in [5.74, 6) is 0.982. The van der Waals surface area contributed by atoms with Crippen molar-refractivity contribution in [3.63, 3.8) is 0 Å². The molecule has 0 heterocycles. The van der Waals surface area contributed by atoms with E-state index < -0.39 is 10.0 Å². The highest BCUT2D eigenvalue weighted by Crippen LogP contribution is 2.16. The van der Waals surface area contributed by atoms with Crippen LogP contribution >= 0.6 is 0 Å². The fraction of sp³-hybridized carbons (Fsp3) is 0.350. The Morgan fingerprint density at radius 2 is 1.61 bits per heavy atom. The summed E-state index contributed by atoms with van der Waals surface area (Å²) in [5, 5.41) is 2.79. The maximum atomic E-state index is 12.0. The summed E-state index contributed by atoms with van der Waals surface area (Å²) in [7, 11) is -1.89. The fourth-order valence-corrected chi connectivity index (χ4v) is 3.51. The summed E-state index contributed by atoms with van der Waals surface area (Å²) in [4.78, 5) is 12.1. The molecular weight excluding hydrogens is 380 g/mol. The third-order valence-electron chi connectivity index (χ3n) is 3.94. The minimum atomic E-state index is -3.51. The van der Waals surface area contributed by atoms with Crippen molar-refractivity contribution in [3.8, 4) is 11.5 Å². The number of rotatable bonds is 11. The lowest BCUT2D eigenvalue weighted by atomic mass is 10.1. The summed E-state index contributed by atoms with van der Waals surface area (Å²) in [6.45, 7) is 2.64. The number of carbonyl (C=O) groups excluding carboxylic acids is 1. The predicted molar refractivity (Wildman–Crippen MR) is 107 cm³/mol. The minimum Gasteiger partial charge on any atom is -0.497 e. The molecule has 0 fully saturated rings. The Morgan fingerprint density at radius 3 is 2.21 bits per heavy atom. The molecule has 0 aliphatic carbocycles. The molecule has 2 rings (SSSR count). The zero-order chi connectivity index (χ0) is 20.4. The van der Waals surface area contributed by atoms with Crippen molar-refractivity contribution in [2.45, 2.75) is 24.7 Å². The Hall–Kier alpha value is -2.58. The Bertz CT molecular complexity index is 849. The second kappa shape index (κ2) is 10.7. The standard InChI is InChI=1S/C20H26N2O5S/c1-3-13-22-28(24,25)19-10-8-18(9-11-19)27-15-20(23)21-14-12-16-4-6-17(26-2)7-5-16/h4-11,22H,3,12-15H2,1-2H3,(H,21,23). The molecule has 7 nitrogen and oxygen atoms in total. The number of methoxy groups -OCH3 is 1. The average molecular weight is 407 g/mol. The van der Waals surface area contributed by atoms with Crippen LogP contribution in [0.4, 0.5) is 0 Å². The number of amides is 1. The summed E-state index contributed by atoms with van der Waals surface area (Å²) >= 11 is 0. The van der Waals surface area contributed by atoms with E-state index in [4.69, 9.17) is 9.47 Å². The van der Waals surface area contributed by atoms with Crippen LogP contribution in [0.25, 0.3) is 0 Å². The first-order chi connectivity index (χ1) is 13.4. The van der Waals surface area contributed by atoms with Gasteiger partial charge in [0, 0.05) is 13.1 Å². The summed E-state index contributed by atoms with van der Waals surface area (Å²) < 4.78 is 37.0. The molecule has 0 aliphatic rings. The molecule has 0 aromatic heterocycles. The molecule has 0 atom stereocenters. The molecule has 0 saturated carbocycles. The molecular formula is C20H26N2O5S. The van der Waals surface area contributed by atoms with Crippen LogP contribution in [-0.4, -0.2) is 41.1 Å². The second-order valence-corrected chi connectivity index (χ2v) is 7.87. The van der Waals surface area contributed by atoms with Crippen LogP contribution in [-0.2, 0) is 21.2 Å². The molecule has 2 aromatic rings. The summed E-state index contributed by atoms with van der Waals surface area (Å²) in [6.07, 6.45) is 1.42. The van der Waals surface area contributed by atoms with E-state index in [9.17, 15) is 13.2 Å². The third kappa shape index (κ3) is 6.86. The van der Waals surface area contributed by atoms with Gasteiger partial charge in [0.1, 0.15) is 11.5 Å². The normalized spacial score (nSPS) is 11.1. The number of hydrogen-bond donors (Lipinski definition) is 2. The van der Waals surface area contributed by atoms with Crippen molar-refractivity contribution in [1.82, 2.24) is 10.0 Å². The SMILES string of the molecule is CCCNS(=O)(=O)c1ccc(OCC(=O)NCCc2ccc(OC)cc2)cc1. The highest BCUT2D eigenvalue weighted by Gasteiger charge is 2.13. The second-order valence-electron chi connectivity index (χ2n) is 6.11. The number of benzene rings is 2. The van der Waals surface area contributed by atoms with Crippen LogP contribution in [0.1, 0.15) is 18.9 Å². The number of sulfonamides is 1. The number of hydrogen-bond acceptors (Lipinski definition) is 5. The van der Waals surface area contributed by atoms with Crippen LogP contribution in [0.2, 0.25) is 0 Å². The van der Waals surface area contributed by atoms with Crippen molar-refractivity contribution in [2.75, 3.05) is 26.8 Å². The molecule has 152 valence electrons. The molecule has 2 aromatic carbocycles. The Morgan fingerprint density at radius 1 is 0.964 bits per heavy atom. The Kier molecular flexibility index (Phi) is 8.28. The maximum absolute atomic E-state index is 12.0. The van der Waals surface area contributed by atoms with Gasteiger partial charge >= 0.3 is 0 Å². The van der Waals surface area contributed by atoms with E-state index in [2.05, 4.69) is 10.0 Å². The first kappa shape index (κ1) is 21.7. The zero-order valence-electron chi connectivity index (χ0n) is 16.1. The molecule has 28 heavy (non-hydrogen) atoms. The van der Waals surface area contributed by atoms with Crippen LogP contribution in [0, 0.1) is 0 Å². The fourth-order valence-electron chi connectivity index (χ4n) is 2.37. The zero-order valence-corrected chi connectivity index (χ0v) is 16.9. The predicted octanol–water partition coefficient (Wildman–Crippen LogP) is 2.12. The van der Waals surface area contributed by atoms with Gasteiger partial charge in [0.05, 0.1) is 12.0 Å². The van der Waals surface area contributed by atoms with Gasteiger partial charge < -0.3 is 14.8 Å².